The van der Waals surface area contributed by atoms with Crippen molar-refractivity contribution in [1.29, 1.82) is 0 Å². The summed E-state index contributed by atoms with van der Waals surface area (Å²) in [4.78, 5) is 10.6. The zero-order valence-electron chi connectivity index (χ0n) is 11.2. The third kappa shape index (κ3) is 2.48. The first kappa shape index (κ1) is 13.2. The molecule has 0 aliphatic carbocycles. The average Bonchev–Trinajstić information content (AvgIpc) is 2.77. The van der Waals surface area contributed by atoms with Crippen LogP contribution in [0.1, 0.15) is 16.8 Å². The maximum atomic E-state index is 11.0. The van der Waals surface area contributed by atoms with Crippen molar-refractivity contribution in [2.45, 2.75) is 20.4 Å². The van der Waals surface area contributed by atoms with Crippen LogP contribution < -0.4 is 5.32 Å². The molecule has 1 aromatic heterocycles. The highest BCUT2D eigenvalue weighted by atomic mass is 16.6. The molecule has 0 aliphatic rings. The van der Waals surface area contributed by atoms with E-state index in [4.69, 9.17) is 0 Å². The van der Waals surface area contributed by atoms with Crippen LogP contribution in [0.25, 0.3) is 5.69 Å². The van der Waals surface area contributed by atoms with Gasteiger partial charge in [0.15, 0.2) is 0 Å². The summed E-state index contributed by atoms with van der Waals surface area (Å²) in [6.07, 6.45) is 1.83. The number of nitro groups is 1. The molecule has 2 aromatic rings. The lowest BCUT2D eigenvalue weighted by Crippen LogP contribution is -2.08. The van der Waals surface area contributed by atoms with Gasteiger partial charge in [-0.2, -0.15) is 5.10 Å². The minimum absolute atomic E-state index is 0.117. The van der Waals surface area contributed by atoms with Crippen molar-refractivity contribution in [2.24, 2.45) is 0 Å². The first-order valence-corrected chi connectivity index (χ1v) is 5.98. The van der Waals surface area contributed by atoms with E-state index in [-0.39, 0.29) is 10.6 Å². The van der Waals surface area contributed by atoms with Crippen LogP contribution in [0.15, 0.2) is 24.4 Å². The number of aromatic nitrogens is 2. The number of aryl methyl sites for hydroxylation is 1. The van der Waals surface area contributed by atoms with Gasteiger partial charge in [0.2, 0.25) is 0 Å². The second-order valence-electron chi connectivity index (χ2n) is 4.41. The molecule has 0 atom stereocenters. The van der Waals surface area contributed by atoms with Gasteiger partial charge in [0, 0.05) is 18.8 Å². The highest BCUT2D eigenvalue weighted by Gasteiger charge is 2.17. The first-order chi connectivity index (χ1) is 9.04. The molecule has 0 saturated carbocycles. The van der Waals surface area contributed by atoms with Gasteiger partial charge in [0.1, 0.15) is 0 Å². The van der Waals surface area contributed by atoms with E-state index in [9.17, 15) is 10.1 Å². The summed E-state index contributed by atoms with van der Waals surface area (Å²) in [7, 11) is 1.85. The Bertz CT molecular complexity index is 619. The molecule has 2 rings (SSSR count). The van der Waals surface area contributed by atoms with E-state index < -0.39 is 0 Å². The molecule has 0 spiro atoms. The molecule has 6 heteroatoms. The highest BCUT2D eigenvalue weighted by Crippen LogP contribution is 2.27. The SMILES string of the molecule is CNCc1ccn(-c2c(C)ccc([N+](=O)[O-])c2C)n1. The van der Waals surface area contributed by atoms with Gasteiger partial charge in [0.25, 0.3) is 5.69 Å². The van der Waals surface area contributed by atoms with Crippen molar-refractivity contribution in [2.75, 3.05) is 7.05 Å². The Kier molecular flexibility index (Phi) is 3.62. The summed E-state index contributed by atoms with van der Waals surface area (Å²) >= 11 is 0. The van der Waals surface area contributed by atoms with Crippen LogP contribution in [0.4, 0.5) is 5.69 Å². The number of hydrogen-bond acceptors (Lipinski definition) is 4. The highest BCUT2D eigenvalue weighted by molar-refractivity contribution is 5.56. The van der Waals surface area contributed by atoms with Crippen molar-refractivity contribution in [3.63, 3.8) is 0 Å². The number of nitrogens with one attached hydrogen (secondary N) is 1. The predicted molar refractivity (Wildman–Crippen MR) is 72.5 cm³/mol. The van der Waals surface area contributed by atoms with Crippen molar-refractivity contribution in [3.8, 4) is 5.69 Å². The fraction of sp³-hybridized carbons (Fsp3) is 0.308. The normalized spacial score (nSPS) is 10.7. The number of rotatable bonds is 4. The smallest absolute Gasteiger partial charge is 0.274 e. The summed E-state index contributed by atoms with van der Waals surface area (Å²) in [5.41, 5.74) is 3.38. The second-order valence-corrected chi connectivity index (χ2v) is 4.41. The number of benzene rings is 1. The van der Waals surface area contributed by atoms with E-state index in [0.717, 1.165) is 16.9 Å². The fourth-order valence-corrected chi connectivity index (χ4v) is 2.14. The Labute approximate surface area is 111 Å². The van der Waals surface area contributed by atoms with Gasteiger partial charge >= 0.3 is 0 Å². The monoisotopic (exact) mass is 260 g/mol. The van der Waals surface area contributed by atoms with E-state index in [1.54, 1.807) is 17.7 Å². The summed E-state index contributed by atoms with van der Waals surface area (Å²) in [5.74, 6) is 0. The summed E-state index contributed by atoms with van der Waals surface area (Å²) in [6, 6.07) is 5.18. The summed E-state index contributed by atoms with van der Waals surface area (Å²) < 4.78 is 1.70. The van der Waals surface area contributed by atoms with E-state index in [1.165, 1.54) is 6.07 Å². The zero-order chi connectivity index (χ0) is 14.0. The molecule has 6 nitrogen and oxygen atoms in total. The maximum Gasteiger partial charge on any atom is 0.274 e. The summed E-state index contributed by atoms with van der Waals surface area (Å²) in [5, 5.41) is 18.4. The van der Waals surface area contributed by atoms with Gasteiger partial charge in [-0.05, 0) is 32.5 Å². The topological polar surface area (TPSA) is 73.0 Å². The molecule has 0 amide bonds. The van der Waals surface area contributed by atoms with Crippen LogP contribution in [-0.2, 0) is 6.54 Å². The number of nitro benzene ring substituents is 1. The molecule has 19 heavy (non-hydrogen) atoms. The Morgan fingerprint density at radius 2 is 2.11 bits per heavy atom. The molecule has 0 fully saturated rings. The first-order valence-electron chi connectivity index (χ1n) is 5.98. The second kappa shape index (κ2) is 5.19. The van der Waals surface area contributed by atoms with E-state index in [2.05, 4.69) is 10.4 Å². The average molecular weight is 260 g/mol. The van der Waals surface area contributed by atoms with E-state index >= 15 is 0 Å². The molecule has 0 radical (unpaired) electrons. The van der Waals surface area contributed by atoms with Gasteiger partial charge < -0.3 is 5.32 Å². The Morgan fingerprint density at radius 3 is 2.74 bits per heavy atom. The van der Waals surface area contributed by atoms with Crippen LogP contribution in [0.5, 0.6) is 0 Å². The third-order valence-corrected chi connectivity index (χ3v) is 3.03. The third-order valence-electron chi connectivity index (χ3n) is 3.03. The molecule has 0 unspecified atom stereocenters. The molecular formula is C13H16N4O2. The largest absolute Gasteiger partial charge is 0.314 e. The predicted octanol–water partition coefficient (Wildman–Crippen LogP) is 2.12. The van der Waals surface area contributed by atoms with Gasteiger partial charge in [-0.1, -0.05) is 6.07 Å². The van der Waals surface area contributed by atoms with Gasteiger partial charge in [-0.15, -0.1) is 0 Å². The lowest BCUT2D eigenvalue weighted by Gasteiger charge is -2.10. The molecule has 0 aliphatic heterocycles. The van der Waals surface area contributed by atoms with Crippen molar-refractivity contribution in [3.05, 3.63) is 51.3 Å². The summed E-state index contributed by atoms with van der Waals surface area (Å²) in [6.45, 7) is 4.34. The zero-order valence-corrected chi connectivity index (χ0v) is 11.2. The Hall–Kier alpha value is -2.21. The van der Waals surface area contributed by atoms with Gasteiger partial charge in [0.05, 0.1) is 21.9 Å². The fourth-order valence-electron chi connectivity index (χ4n) is 2.14. The molecule has 1 heterocycles. The standard InChI is InChI=1S/C13H16N4O2/c1-9-4-5-12(17(18)19)10(2)13(9)16-7-6-11(15-16)8-14-3/h4-7,14H,8H2,1-3H3. The minimum atomic E-state index is -0.365. The molecule has 0 bridgehead atoms. The van der Waals surface area contributed by atoms with Crippen molar-refractivity contribution >= 4 is 5.69 Å². The lowest BCUT2D eigenvalue weighted by molar-refractivity contribution is -0.385. The lowest BCUT2D eigenvalue weighted by atomic mass is 10.1. The maximum absolute atomic E-state index is 11.0. The number of nitrogens with zero attached hydrogens (tertiary/aromatic N) is 3. The van der Waals surface area contributed by atoms with Crippen molar-refractivity contribution in [1.82, 2.24) is 15.1 Å². The van der Waals surface area contributed by atoms with Crippen LogP contribution in [0.2, 0.25) is 0 Å². The van der Waals surface area contributed by atoms with Crippen LogP contribution >= 0.6 is 0 Å². The van der Waals surface area contributed by atoms with E-state index in [0.29, 0.717) is 12.1 Å². The van der Waals surface area contributed by atoms with Crippen LogP contribution in [0.3, 0.4) is 0 Å². The molecule has 100 valence electrons. The van der Waals surface area contributed by atoms with Crippen molar-refractivity contribution < 1.29 is 4.92 Å². The Morgan fingerprint density at radius 1 is 1.37 bits per heavy atom. The van der Waals surface area contributed by atoms with E-state index in [1.807, 2.05) is 26.2 Å². The molecule has 0 saturated heterocycles. The quantitative estimate of drug-likeness (QED) is 0.675. The van der Waals surface area contributed by atoms with Gasteiger partial charge in [-0.3, -0.25) is 10.1 Å². The number of hydrogen-bond donors (Lipinski definition) is 1. The van der Waals surface area contributed by atoms with Gasteiger partial charge in [-0.25, -0.2) is 4.68 Å². The van der Waals surface area contributed by atoms with Crippen LogP contribution in [-0.4, -0.2) is 21.8 Å². The van der Waals surface area contributed by atoms with Crippen LogP contribution in [0, 0.1) is 24.0 Å². The molecule has 1 aromatic carbocycles. The minimum Gasteiger partial charge on any atom is -0.314 e. The molecule has 1 N–H and O–H groups in total. The Balaban J connectivity index is 2.53. The molecular weight excluding hydrogens is 244 g/mol.